The first-order valence-electron chi connectivity index (χ1n) is 6.83. The molecule has 1 aromatic heterocycles. The van der Waals surface area contributed by atoms with Gasteiger partial charge in [0.05, 0.1) is 19.9 Å². The highest BCUT2D eigenvalue weighted by Crippen LogP contribution is 2.36. The third-order valence-corrected chi connectivity index (χ3v) is 3.38. The summed E-state index contributed by atoms with van der Waals surface area (Å²) >= 11 is 0. The Morgan fingerprint density at radius 2 is 1.82 bits per heavy atom. The van der Waals surface area contributed by atoms with E-state index in [2.05, 4.69) is 5.10 Å². The minimum Gasteiger partial charge on any atom is -0.493 e. The number of benzene rings is 1. The quantitative estimate of drug-likeness (QED) is 0.941. The molecule has 0 fully saturated rings. The van der Waals surface area contributed by atoms with Gasteiger partial charge in [-0.25, -0.2) is 4.79 Å². The Kier molecular flexibility index (Phi) is 4.12. The van der Waals surface area contributed by atoms with E-state index in [4.69, 9.17) is 9.47 Å². The van der Waals surface area contributed by atoms with Gasteiger partial charge in [-0.3, -0.25) is 0 Å². The van der Waals surface area contributed by atoms with E-state index in [1.807, 2.05) is 26.8 Å². The van der Waals surface area contributed by atoms with E-state index >= 15 is 0 Å². The summed E-state index contributed by atoms with van der Waals surface area (Å²) in [5, 5.41) is 13.4. The zero-order valence-corrected chi connectivity index (χ0v) is 13.4. The van der Waals surface area contributed by atoms with Crippen molar-refractivity contribution in [3.63, 3.8) is 0 Å². The second kappa shape index (κ2) is 5.71. The molecule has 0 aliphatic carbocycles. The van der Waals surface area contributed by atoms with Crippen molar-refractivity contribution in [1.82, 2.24) is 9.78 Å². The van der Waals surface area contributed by atoms with E-state index in [-0.39, 0.29) is 5.41 Å². The molecule has 0 radical (unpaired) electrons. The average molecular weight is 304 g/mol. The summed E-state index contributed by atoms with van der Waals surface area (Å²) < 4.78 is 11.5. The minimum atomic E-state index is -1.11. The van der Waals surface area contributed by atoms with Crippen LogP contribution in [0.5, 0.6) is 11.5 Å². The Balaban J connectivity index is 2.63. The molecule has 0 unspecified atom stereocenters. The van der Waals surface area contributed by atoms with Gasteiger partial charge in [-0.05, 0) is 23.6 Å². The summed E-state index contributed by atoms with van der Waals surface area (Å²) in [6.07, 6.45) is 0.436. The number of rotatable bonds is 3. The summed E-state index contributed by atoms with van der Waals surface area (Å²) in [4.78, 5) is 11.2. The molecular formula is C16H20N2O4. The van der Waals surface area contributed by atoms with Crippen molar-refractivity contribution < 1.29 is 19.4 Å². The summed E-state index contributed by atoms with van der Waals surface area (Å²) in [6, 6.07) is 5.41. The van der Waals surface area contributed by atoms with Gasteiger partial charge < -0.3 is 14.6 Å². The smallest absolute Gasteiger partial charge is 0.432 e. The Bertz CT molecular complexity index is 699. The van der Waals surface area contributed by atoms with Crippen molar-refractivity contribution in [1.29, 1.82) is 0 Å². The molecule has 118 valence electrons. The molecule has 0 atom stereocenters. The van der Waals surface area contributed by atoms with Gasteiger partial charge in [0.15, 0.2) is 11.5 Å². The summed E-state index contributed by atoms with van der Waals surface area (Å²) in [6.45, 7) is 6.04. The lowest BCUT2D eigenvalue weighted by molar-refractivity contribution is 0.192. The monoisotopic (exact) mass is 304 g/mol. The highest BCUT2D eigenvalue weighted by atomic mass is 16.5. The van der Waals surface area contributed by atoms with Crippen molar-refractivity contribution in [2.24, 2.45) is 0 Å². The van der Waals surface area contributed by atoms with Crippen LogP contribution in [0, 0.1) is 0 Å². The van der Waals surface area contributed by atoms with Crippen LogP contribution in [0.25, 0.3) is 11.3 Å². The Labute approximate surface area is 129 Å². The van der Waals surface area contributed by atoms with Crippen LogP contribution in [-0.4, -0.2) is 35.2 Å². The molecule has 1 heterocycles. The summed E-state index contributed by atoms with van der Waals surface area (Å²) in [5.41, 5.74) is 2.01. The fraction of sp³-hybridized carbons (Fsp3) is 0.375. The lowest BCUT2D eigenvalue weighted by Crippen LogP contribution is -2.12. The number of aromatic nitrogens is 2. The lowest BCUT2D eigenvalue weighted by Gasteiger charge is -2.18. The third-order valence-electron chi connectivity index (χ3n) is 3.38. The maximum atomic E-state index is 11.2. The van der Waals surface area contributed by atoms with E-state index in [0.29, 0.717) is 17.2 Å². The van der Waals surface area contributed by atoms with Gasteiger partial charge in [0.1, 0.15) is 0 Å². The van der Waals surface area contributed by atoms with Gasteiger partial charge in [0, 0.05) is 17.3 Å². The van der Waals surface area contributed by atoms with E-state index in [1.54, 1.807) is 32.5 Å². The van der Waals surface area contributed by atoms with Crippen LogP contribution in [0.4, 0.5) is 4.79 Å². The van der Waals surface area contributed by atoms with E-state index in [0.717, 1.165) is 15.8 Å². The zero-order valence-electron chi connectivity index (χ0n) is 13.4. The van der Waals surface area contributed by atoms with E-state index < -0.39 is 6.09 Å². The van der Waals surface area contributed by atoms with Gasteiger partial charge in [-0.2, -0.15) is 9.78 Å². The first-order chi connectivity index (χ1) is 10.3. The maximum absolute atomic E-state index is 11.2. The lowest BCUT2D eigenvalue weighted by atomic mass is 9.86. The first-order valence-corrected chi connectivity index (χ1v) is 6.83. The molecule has 1 N–H and O–H groups in total. The molecule has 2 rings (SSSR count). The first kappa shape index (κ1) is 15.9. The molecule has 0 saturated carbocycles. The van der Waals surface area contributed by atoms with Crippen molar-refractivity contribution in [2.45, 2.75) is 26.2 Å². The number of nitrogens with zero attached hydrogens (tertiary/aromatic N) is 2. The number of carbonyl (C=O) groups is 1. The molecule has 0 aliphatic rings. The fourth-order valence-corrected chi connectivity index (χ4v) is 2.22. The van der Waals surface area contributed by atoms with Gasteiger partial charge in [0.25, 0.3) is 0 Å². The molecule has 0 bridgehead atoms. The number of hydrogen-bond acceptors (Lipinski definition) is 4. The Morgan fingerprint density at radius 1 is 1.18 bits per heavy atom. The normalized spacial score (nSPS) is 11.3. The van der Waals surface area contributed by atoms with Crippen LogP contribution in [0.3, 0.4) is 0 Å². The standard InChI is InChI=1S/C16H20N2O4/c1-16(2,3)11-9-18(15(19)20)17-14(11)10-6-7-12(21-4)13(8-10)22-5/h6-9H,1-5H3,(H,19,20). The second-order valence-electron chi connectivity index (χ2n) is 5.94. The van der Waals surface area contributed by atoms with E-state index in [1.165, 1.54) is 0 Å². The second-order valence-corrected chi connectivity index (χ2v) is 5.94. The van der Waals surface area contributed by atoms with Crippen molar-refractivity contribution in [3.05, 3.63) is 30.0 Å². The van der Waals surface area contributed by atoms with E-state index in [9.17, 15) is 9.90 Å². The topological polar surface area (TPSA) is 73.6 Å². The van der Waals surface area contributed by atoms with Crippen molar-refractivity contribution in [3.8, 4) is 22.8 Å². The molecule has 0 aliphatic heterocycles. The molecule has 1 aromatic carbocycles. The van der Waals surface area contributed by atoms with Crippen molar-refractivity contribution >= 4 is 6.09 Å². The number of ether oxygens (including phenoxy) is 2. The predicted molar refractivity (Wildman–Crippen MR) is 82.9 cm³/mol. The minimum absolute atomic E-state index is 0.240. The van der Waals surface area contributed by atoms with Crippen LogP contribution >= 0.6 is 0 Å². The van der Waals surface area contributed by atoms with Crippen LogP contribution in [0.1, 0.15) is 26.3 Å². The van der Waals surface area contributed by atoms with Crippen LogP contribution < -0.4 is 9.47 Å². The molecule has 2 aromatic rings. The Hall–Kier alpha value is -2.50. The summed E-state index contributed by atoms with van der Waals surface area (Å²) in [7, 11) is 3.12. The van der Waals surface area contributed by atoms with Crippen molar-refractivity contribution in [2.75, 3.05) is 14.2 Å². The number of hydrogen-bond donors (Lipinski definition) is 1. The van der Waals surface area contributed by atoms with Crippen LogP contribution in [0.15, 0.2) is 24.4 Å². The van der Waals surface area contributed by atoms with Gasteiger partial charge in [-0.1, -0.05) is 20.8 Å². The average Bonchev–Trinajstić information content (AvgIpc) is 2.92. The SMILES string of the molecule is COc1ccc(-c2nn(C(=O)O)cc2C(C)(C)C)cc1OC. The number of carboxylic acid groups (broad SMARTS) is 1. The van der Waals surface area contributed by atoms with Crippen LogP contribution in [-0.2, 0) is 5.41 Å². The molecular weight excluding hydrogens is 284 g/mol. The highest BCUT2D eigenvalue weighted by Gasteiger charge is 2.24. The number of methoxy groups -OCH3 is 2. The molecule has 0 spiro atoms. The summed E-state index contributed by atoms with van der Waals surface area (Å²) in [5.74, 6) is 1.19. The molecule has 6 heteroatoms. The molecule has 6 nitrogen and oxygen atoms in total. The zero-order chi connectivity index (χ0) is 16.5. The maximum Gasteiger partial charge on any atom is 0.432 e. The largest absolute Gasteiger partial charge is 0.493 e. The molecule has 22 heavy (non-hydrogen) atoms. The molecule has 0 saturated heterocycles. The van der Waals surface area contributed by atoms with Gasteiger partial charge >= 0.3 is 6.09 Å². The van der Waals surface area contributed by atoms with Crippen LogP contribution in [0.2, 0.25) is 0 Å². The fourth-order valence-electron chi connectivity index (χ4n) is 2.22. The third kappa shape index (κ3) is 2.90. The van der Waals surface area contributed by atoms with Gasteiger partial charge in [0.2, 0.25) is 0 Å². The molecule has 0 amide bonds. The highest BCUT2D eigenvalue weighted by molar-refractivity contribution is 5.72. The predicted octanol–water partition coefficient (Wildman–Crippen LogP) is 3.39. The van der Waals surface area contributed by atoms with Gasteiger partial charge in [-0.15, -0.1) is 0 Å². The Morgan fingerprint density at radius 3 is 2.32 bits per heavy atom.